The molecule has 4 heterocycles. The maximum Gasteiger partial charge on any atom is 0.211 e. The number of rotatable bonds is 7. The van der Waals surface area contributed by atoms with Crippen LogP contribution < -0.4 is 5.32 Å². The van der Waals surface area contributed by atoms with E-state index in [1.165, 1.54) is 10.6 Å². The number of hydrogen-bond acceptors (Lipinski definition) is 6. The maximum absolute atomic E-state index is 11.5. The molecule has 9 nitrogen and oxygen atoms in total. The second kappa shape index (κ2) is 8.53. The Morgan fingerprint density at radius 2 is 2.00 bits per heavy atom. The van der Waals surface area contributed by atoms with Gasteiger partial charge in [-0.3, -0.25) is 9.81 Å². The first-order valence-corrected chi connectivity index (χ1v) is 13.0. The second-order valence-corrected chi connectivity index (χ2v) is 10.9. The Labute approximate surface area is 202 Å². The van der Waals surface area contributed by atoms with Crippen molar-refractivity contribution < 1.29 is 8.42 Å². The number of nitrogens with one attached hydrogen (secondary N) is 2. The molecule has 0 unspecified atom stereocenters. The number of allylic oxidation sites excluding steroid dienone is 1. The minimum Gasteiger partial charge on any atom is -0.385 e. The molecule has 0 amide bonds. The predicted octanol–water partition coefficient (Wildman–Crippen LogP) is 2.81. The van der Waals surface area contributed by atoms with Crippen molar-refractivity contribution in [1.29, 1.82) is 5.41 Å². The lowest BCUT2D eigenvalue weighted by Gasteiger charge is -2.37. The number of hydrogen-bond donors (Lipinski definition) is 2. The standard InChI is InChI=1S/C23H24ClN7O2S/c1-15-27-28-23-7-6-20-22(31(15)23)11-21(30(20)12-16-4-3-5-17(24)10-16)19(25)8-9-26-18-13-29(14-18)34(2,32)33/h3-11,18,25-26H,12-14H2,1-2H3/b9-8-,25-19?. The van der Waals surface area contributed by atoms with Crippen LogP contribution in [-0.2, 0) is 16.6 Å². The molecule has 0 spiro atoms. The third kappa shape index (κ3) is 4.20. The highest BCUT2D eigenvalue weighted by Crippen LogP contribution is 2.25. The largest absolute Gasteiger partial charge is 0.385 e. The molecule has 2 N–H and O–H groups in total. The Bertz CT molecular complexity index is 1550. The van der Waals surface area contributed by atoms with Crippen LogP contribution in [0, 0.1) is 12.3 Å². The van der Waals surface area contributed by atoms with E-state index in [9.17, 15) is 8.42 Å². The molecule has 0 aliphatic carbocycles. The molecule has 176 valence electrons. The molecule has 3 aromatic heterocycles. The van der Waals surface area contributed by atoms with Crippen molar-refractivity contribution in [2.45, 2.75) is 19.5 Å². The molecule has 1 aliphatic rings. The van der Waals surface area contributed by atoms with Crippen molar-refractivity contribution in [1.82, 2.24) is 28.8 Å². The highest BCUT2D eigenvalue weighted by Gasteiger charge is 2.32. The van der Waals surface area contributed by atoms with Gasteiger partial charge in [-0.1, -0.05) is 23.7 Å². The molecule has 34 heavy (non-hydrogen) atoms. The highest BCUT2D eigenvalue weighted by molar-refractivity contribution is 7.88. The maximum atomic E-state index is 11.5. The van der Waals surface area contributed by atoms with Crippen molar-refractivity contribution in [3.8, 4) is 0 Å². The highest BCUT2D eigenvalue weighted by atomic mass is 35.5. The van der Waals surface area contributed by atoms with Crippen LogP contribution in [0.1, 0.15) is 17.1 Å². The number of aromatic nitrogens is 4. The second-order valence-electron chi connectivity index (χ2n) is 8.48. The Hall–Kier alpha value is -3.21. The lowest BCUT2D eigenvalue weighted by molar-refractivity contribution is 0.244. The molecule has 1 aromatic carbocycles. The molecule has 1 saturated heterocycles. The van der Waals surface area contributed by atoms with E-state index >= 15 is 0 Å². The Morgan fingerprint density at radius 3 is 2.74 bits per heavy atom. The molecule has 1 fully saturated rings. The minimum atomic E-state index is -3.15. The van der Waals surface area contributed by atoms with Crippen molar-refractivity contribution >= 4 is 44.0 Å². The van der Waals surface area contributed by atoms with Crippen LogP contribution >= 0.6 is 11.6 Å². The van der Waals surface area contributed by atoms with Gasteiger partial charge in [-0.15, -0.1) is 10.2 Å². The van der Waals surface area contributed by atoms with E-state index < -0.39 is 10.0 Å². The van der Waals surface area contributed by atoms with E-state index in [-0.39, 0.29) is 6.04 Å². The van der Waals surface area contributed by atoms with Gasteiger partial charge >= 0.3 is 0 Å². The normalized spacial score (nSPS) is 15.4. The van der Waals surface area contributed by atoms with Gasteiger partial charge in [0.05, 0.1) is 34.7 Å². The van der Waals surface area contributed by atoms with Gasteiger partial charge in [-0.2, -0.15) is 4.31 Å². The molecule has 0 radical (unpaired) electrons. The van der Waals surface area contributed by atoms with Crippen LogP contribution in [0.15, 0.2) is 54.7 Å². The third-order valence-corrected chi connectivity index (χ3v) is 7.47. The molecule has 4 aromatic rings. The number of halogens is 1. The SMILES string of the molecule is Cc1nnc2ccc3c(cc(C(=N)/C=C\NC4CN(S(C)(=O)=O)C4)n3Cc3cccc(Cl)c3)n12. The van der Waals surface area contributed by atoms with Crippen molar-refractivity contribution in [3.63, 3.8) is 0 Å². The zero-order valence-corrected chi connectivity index (χ0v) is 20.3. The zero-order chi connectivity index (χ0) is 24.0. The first-order valence-electron chi connectivity index (χ1n) is 10.8. The summed E-state index contributed by atoms with van der Waals surface area (Å²) in [4.78, 5) is 0. The smallest absolute Gasteiger partial charge is 0.211 e. The molecular weight excluding hydrogens is 474 g/mol. The summed E-state index contributed by atoms with van der Waals surface area (Å²) >= 11 is 6.21. The summed E-state index contributed by atoms with van der Waals surface area (Å²) in [6, 6.07) is 13.6. The summed E-state index contributed by atoms with van der Waals surface area (Å²) in [5.41, 5.74) is 4.71. The van der Waals surface area contributed by atoms with Gasteiger partial charge in [0.1, 0.15) is 5.82 Å². The number of aryl methyl sites for hydroxylation is 1. The number of nitrogens with zero attached hydrogens (tertiary/aromatic N) is 5. The fourth-order valence-corrected chi connectivity index (χ4v) is 5.33. The fourth-order valence-electron chi connectivity index (χ4n) is 4.22. The van der Waals surface area contributed by atoms with E-state index in [4.69, 9.17) is 17.0 Å². The minimum absolute atomic E-state index is 0.0374. The first-order chi connectivity index (χ1) is 16.2. The van der Waals surface area contributed by atoms with E-state index in [0.717, 1.165) is 33.8 Å². The van der Waals surface area contributed by atoms with E-state index in [0.29, 0.717) is 30.4 Å². The van der Waals surface area contributed by atoms with E-state index in [1.54, 1.807) is 12.3 Å². The quantitative estimate of drug-likeness (QED) is 0.382. The summed E-state index contributed by atoms with van der Waals surface area (Å²) in [7, 11) is -3.15. The summed E-state index contributed by atoms with van der Waals surface area (Å²) in [6.07, 6.45) is 4.62. The molecular formula is C23H24ClN7O2S. The van der Waals surface area contributed by atoms with Gasteiger partial charge in [-0.05, 0) is 55.1 Å². The van der Waals surface area contributed by atoms with Crippen LogP contribution in [-0.4, -0.2) is 63.0 Å². The third-order valence-electron chi connectivity index (χ3n) is 6.00. The van der Waals surface area contributed by atoms with Gasteiger partial charge in [0.15, 0.2) is 5.65 Å². The monoisotopic (exact) mass is 497 g/mol. The van der Waals surface area contributed by atoms with E-state index in [2.05, 4.69) is 20.1 Å². The van der Waals surface area contributed by atoms with Gasteiger partial charge in [-0.25, -0.2) is 8.42 Å². The van der Waals surface area contributed by atoms with Crippen molar-refractivity contribution in [2.24, 2.45) is 0 Å². The van der Waals surface area contributed by atoms with Gasteiger partial charge in [0.25, 0.3) is 0 Å². The number of fused-ring (bicyclic) bond motifs is 3. The molecule has 1 aliphatic heterocycles. The summed E-state index contributed by atoms with van der Waals surface area (Å²) in [6.45, 7) is 3.30. The molecule has 0 bridgehead atoms. The lowest BCUT2D eigenvalue weighted by Crippen LogP contribution is -2.58. The fraction of sp³-hybridized carbons (Fsp3) is 0.261. The van der Waals surface area contributed by atoms with Crippen LogP contribution in [0.2, 0.25) is 5.02 Å². The number of pyridine rings is 1. The Morgan fingerprint density at radius 1 is 1.21 bits per heavy atom. The first kappa shape index (κ1) is 22.6. The summed E-state index contributed by atoms with van der Waals surface area (Å²) in [5, 5.41) is 21.0. The van der Waals surface area contributed by atoms with Crippen LogP contribution in [0.5, 0.6) is 0 Å². The molecule has 0 atom stereocenters. The van der Waals surface area contributed by atoms with Crippen LogP contribution in [0.4, 0.5) is 0 Å². The predicted molar refractivity (Wildman–Crippen MR) is 133 cm³/mol. The van der Waals surface area contributed by atoms with Crippen molar-refractivity contribution in [3.05, 3.63) is 76.8 Å². The molecule has 11 heteroatoms. The summed E-state index contributed by atoms with van der Waals surface area (Å²) < 4.78 is 28.6. The van der Waals surface area contributed by atoms with Gasteiger partial charge in [0, 0.05) is 24.7 Å². The van der Waals surface area contributed by atoms with Crippen LogP contribution in [0.25, 0.3) is 16.7 Å². The van der Waals surface area contributed by atoms with Gasteiger partial charge in [0.2, 0.25) is 10.0 Å². The average Bonchev–Trinajstić information content (AvgIpc) is 3.29. The topological polar surface area (TPSA) is 108 Å². The Kier molecular flexibility index (Phi) is 5.67. The molecule has 0 saturated carbocycles. The Balaban J connectivity index is 1.47. The summed E-state index contributed by atoms with van der Waals surface area (Å²) in [5.74, 6) is 0.774. The van der Waals surface area contributed by atoms with Crippen LogP contribution in [0.3, 0.4) is 0 Å². The lowest BCUT2D eigenvalue weighted by atomic mass is 10.2. The zero-order valence-electron chi connectivity index (χ0n) is 18.7. The number of benzene rings is 1. The van der Waals surface area contributed by atoms with Crippen molar-refractivity contribution in [2.75, 3.05) is 19.3 Å². The van der Waals surface area contributed by atoms with Gasteiger partial charge < -0.3 is 9.88 Å². The number of sulfonamides is 1. The average molecular weight is 498 g/mol. The van der Waals surface area contributed by atoms with E-state index in [1.807, 2.05) is 53.8 Å². The molecule has 5 rings (SSSR count).